The van der Waals surface area contributed by atoms with Gasteiger partial charge in [0.25, 0.3) is 0 Å². The minimum Gasteiger partial charge on any atom is -0.389 e. The zero-order valence-corrected chi connectivity index (χ0v) is 13.1. The van der Waals surface area contributed by atoms with Crippen molar-refractivity contribution >= 4 is 16.5 Å². The van der Waals surface area contributed by atoms with Crippen molar-refractivity contribution in [3.63, 3.8) is 0 Å². The lowest BCUT2D eigenvalue weighted by Gasteiger charge is -2.40. The molecule has 0 aromatic carbocycles. The van der Waals surface area contributed by atoms with Gasteiger partial charge in [-0.2, -0.15) is 0 Å². The summed E-state index contributed by atoms with van der Waals surface area (Å²) in [5, 5.41) is 10.0. The molecule has 1 aliphatic heterocycles. The smallest absolute Gasteiger partial charge is 0.179 e. The van der Waals surface area contributed by atoms with Crippen LogP contribution in [0.3, 0.4) is 0 Å². The minimum atomic E-state index is -0.446. The molecule has 0 bridgehead atoms. The molecule has 17 heavy (non-hydrogen) atoms. The molecule has 1 rings (SSSR count). The molecule has 3 unspecified atom stereocenters. The summed E-state index contributed by atoms with van der Waals surface area (Å²) < 4.78 is 11.6. The van der Waals surface area contributed by atoms with E-state index in [2.05, 4.69) is 22.5 Å². The average Bonchev–Trinajstić information content (AvgIpc) is 2.28. The van der Waals surface area contributed by atoms with Gasteiger partial charge in [0.2, 0.25) is 0 Å². The zero-order chi connectivity index (χ0) is 13.0. The van der Waals surface area contributed by atoms with E-state index in [0.29, 0.717) is 12.5 Å². The Morgan fingerprint density at radius 1 is 1.53 bits per heavy atom. The fraction of sp³-hybridized carbons (Fsp3) is 0.833. The molecule has 1 heterocycles. The number of aliphatic hydroxyl groups excluding tert-OH is 1. The van der Waals surface area contributed by atoms with Gasteiger partial charge in [-0.3, -0.25) is 0 Å². The van der Waals surface area contributed by atoms with Gasteiger partial charge in [-0.25, -0.2) is 0 Å². The lowest BCUT2D eigenvalue weighted by Crippen LogP contribution is -2.44. The fourth-order valence-corrected chi connectivity index (χ4v) is 3.18. The molecule has 1 fully saturated rings. The van der Waals surface area contributed by atoms with Crippen LogP contribution in [0.1, 0.15) is 20.8 Å². The SMILES string of the molecule is CC=C[C@@H](O)[C@H](C)[C@H]1OC(P(C)P)OC[C@@H]1C. The predicted octanol–water partition coefficient (Wildman–Crippen LogP) is 2.80. The van der Waals surface area contributed by atoms with Crippen LogP contribution >= 0.6 is 16.5 Å². The lowest BCUT2D eigenvalue weighted by molar-refractivity contribution is -0.209. The van der Waals surface area contributed by atoms with E-state index in [-0.39, 0.29) is 25.7 Å². The second-order valence-electron chi connectivity index (χ2n) is 4.76. The third kappa shape index (κ3) is 4.26. The van der Waals surface area contributed by atoms with Gasteiger partial charge in [0, 0.05) is 11.8 Å². The molecule has 1 saturated heterocycles. The van der Waals surface area contributed by atoms with Crippen LogP contribution in [0, 0.1) is 11.8 Å². The van der Waals surface area contributed by atoms with Crippen LogP contribution < -0.4 is 0 Å². The van der Waals surface area contributed by atoms with Gasteiger partial charge >= 0.3 is 0 Å². The highest BCUT2D eigenvalue weighted by molar-refractivity contribution is 8.13. The Morgan fingerprint density at radius 2 is 2.18 bits per heavy atom. The van der Waals surface area contributed by atoms with Crippen molar-refractivity contribution in [3.8, 4) is 0 Å². The van der Waals surface area contributed by atoms with Gasteiger partial charge in [0.1, 0.15) is 0 Å². The molecule has 0 aromatic rings. The van der Waals surface area contributed by atoms with Crippen molar-refractivity contribution in [1.29, 1.82) is 0 Å². The summed E-state index contributed by atoms with van der Waals surface area (Å²) in [6.07, 6.45) is 3.32. The first-order valence-corrected chi connectivity index (χ1v) is 9.50. The van der Waals surface area contributed by atoms with Crippen LogP contribution in [-0.2, 0) is 9.47 Å². The lowest BCUT2D eigenvalue weighted by atomic mass is 9.89. The molecular formula is C12H24O3P2. The van der Waals surface area contributed by atoms with Crippen molar-refractivity contribution in [3.05, 3.63) is 12.2 Å². The Kier molecular flexibility index (Phi) is 6.55. The van der Waals surface area contributed by atoms with Gasteiger partial charge in [0.15, 0.2) is 6.03 Å². The first-order valence-electron chi connectivity index (χ1n) is 6.02. The Morgan fingerprint density at radius 3 is 2.71 bits per heavy atom. The minimum absolute atomic E-state index is 0.0606. The van der Waals surface area contributed by atoms with Crippen LogP contribution in [0.4, 0.5) is 0 Å². The van der Waals surface area contributed by atoms with Gasteiger partial charge in [0.05, 0.1) is 18.8 Å². The summed E-state index contributed by atoms with van der Waals surface area (Å²) in [4.78, 5) is 0. The van der Waals surface area contributed by atoms with Crippen LogP contribution in [-0.4, -0.2) is 36.6 Å². The van der Waals surface area contributed by atoms with Crippen molar-refractivity contribution in [1.82, 2.24) is 0 Å². The van der Waals surface area contributed by atoms with Crippen LogP contribution in [0.25, 0.3) is 0 Å². The van der Waals surface area contributed by atoms with Gasteiger partial charge in [-0.05, 0) is 21.2 Å². The largest absolute Gasteiger partial charge is 0.389 e. The molecule has 5 heteroatoms. The van der Waals surface area contributed by atoms with E-state index >= 15 is 0 Å². The molecule has 3 nitrogen and oxygen atoms in total. The number of hydrogen-bond donors (Lipinski definition) is 1. The second-order valence-corrected chi connectivity index (χ2v) is 8.96. The first kappa shape index (κ1) is 15.5. The molecule has 0 aliphatic carbocycles. The Balaban J connectivity index is 2.66. The highest BCUT2D eigenvalue weighted by Gasteiger charge is 2.36. The summed E-state index contributed by atoms with van der Waals surface area (Å²) in [6.45, 7) is 8.89. The molecule has 0 amide bonds. The van der Waals surface area contributed by atoms with Crippen LogP contribution in [0.15, 0.2) is 12.2 Å². The number of hydrogen-bond acceptors (Lipinski definition) is 3. The third-order valence-electron chi connectivity index (χ3n) is 3.12. The standard InChI is InChI=1S/C12H24O3P2/c1-5-6-10(13)9(3)11-8(2)7-14-12(15-11)17(4)16/h5-6,8-13H,7,16H2,1-4H3/t8-,9-,10+,11-,12?,17?/m0/s1. The molecule has 0 spiro atoms. The van der Waals surface area contributed by atoms with Gasteiger partial charge in [-0.1, -0.05) is 26.0 Å². The molecule has 0 aromatic heterocycles. The average molecular weight is 278 g/mol. The van der Waals surface area contributed by atoms with Gasteiger partial charge < -0.3 is 14.6 Å². The third-order valence-corrected chi connectivity index (χ3v) is 4.78. The van der Waals surface area contributed by atoms with Crippen molar-refractivity contribution < 1.29 is 14.6 Å². The van der Waals surface area contributed by atoms with E-state index in [0.717, 1.165) is 0 Å². The van der Waals surface area contributed by atoms with Crippen LogP contribution in [0.2, 0.25) is 0 Å². The zero-order valence-electron chi connectivity index (χ0n) is 11.0. The summed E-state index contributed by atoms with van der Waals surface area (Å²) in [5.41, 5.74) is 0. The Labute approximate surface area is 108 Å². The topological polar surface area (TPSA) is 38.7 Å². The molecule has 7 atom stereocenters. The van der Waals surface area contributed by atoms with E-state index < -0.39 is 6.10 Å². The Bertz CT molecular complexity index is 258. The van der Waals surface area contributed by atoms with E-state index in [9.17, 15) is 5.11 Å². The second kappa shape index (κ2) is 7.16. The molecule has 1 aliphatic rings. The van der Waals surface area contributed by atoms with Crippen molar-refractivity contribution in [2.75, 3.05) is 13.3 Å². The number of allylic oxidation sites excluding steroid dienone is 1. The maximum Gasteiger partial charge on any atom is 0.179 e. The molecular weight excluding hydrogens is 254 g/mol. The van der Waals surface area contributed by atoms with Crippen molar-refractivity contribution in [2.24, 2.45) is 11.8 Å². The molecule has 0 radical (unpaired) electrons. The highest BCUT2D eigenvalue weighted by atomic mass is 32.0. The normalized spacial score (nSPS) is 35.8. The maximum atomic E-state index is 10.0. The molecule has 100 valence electrons. The molecule has 0 saturated carbocycles. The first-order chi connectivity index (χ1) is 7.97. The summed E-state index contributed by atoms with van der Waals surface area (Å²) in [6, 6.07) is -0.114. The fourth-order valence-electron chi connectivity index (χ4n) is 2.06. The van der Waals surface area contributed by atoms with Crippen molar-refractivity contribution in [2.45, 2.75) is 39.0 Å². The quantitative estimate of drug-likeness (QED) is 0.635. The maximum absolute atomic E-state index is 10.0. The number of rotatable bonds is 4. The molecule has 1 N–H and O–H groups in total. The van der Waals surface area contributed by atoms with E-state index in [1.807, 2.05) is 26.0 Å². The van der Waals surface area contributed by atoms with Gasteiger partial charge in [-0.15, -0.1) is 8.93 Å². The number of aliphatic hydroxyl groups is 1. The predicted molar refractivity (Wildman–Crippen MR) is 76.3 cm³/mol. The summed E-state index contributed by atoms with van der Waals surface area (Å²) in [5.74, 6) is 0.411. The van der Waals surface area contributed by atoms with Crippen LogP contribution in [0.5, 0.6) is 0 Å². The number of ether oxygens (including phenoxy) is 2. The monoisotopic (exact) mass is 278 g/mol. The van der Waals surface area contributed by atoms with E-state index in [4.69, 9.17) is 9.47 Å². The summed E-state index contributed by atoms with van der Waals surface area (Å²) >= 11 is 0. The van der Waals surface area contributed by atoms with E-state index in [1.165, 1.54) is 0 Å². The Hall–Kier alpha value is 0.480. The van der Waals surface area contributed by atoms with E-state index in [1.54, 1.807) is 0 Å². The highest BCUT2D eigenvalue weighted by Crippen LogP contribution is 2.49. The summed E-state index contributed by atoms with van der Waals surface area (Å²) in [7, 11) is 2.43.